The number of benzene rings is 1. The molecule has 1 fully saturated rings. The summed E-state index contributed by atoms with van der Waals surface area (Å²) in [5.41, 5.74) is 16.0. The van der Waals surface area contributed by atoms with Crippen LogP contribution in [-0.4, -0.2) is 33.6 Å². The number of aromatic nitrogens is 3. The van der Waals surface area contributed by atoms with E-state index in [4.69, 9.17) is 44.8 Å². The van der Waals surface area contributed by atoms with Gasteiger partial charge < -0.3 is 15.8 Å². The SMILES string of the molecule is Cc1ncc(Cl)c([C@@H](N)Oc2ccc(N)c(C(=[NH2+])c3cnn(C4CCNCC4)c3)c2)c1Cl. The smallest absolute Gasteiger partial charge is 0.216 e. The van der Waals surface area contributed by atoms with Gasteiger partial charge in [0.1, 0.15) is 5.75 Å². The van der Waals surface area contributed by atoms with Gasteiger partial charge in [-0.05, 0) is 51.1 Å². The molecule has 8 nitrogen and oxygen atoms in total. The Bertz CT molecular complexity index is 1140. The second-order valence-corrected chi connectivity index (χ2v) is 8.60. The number of halogens is 2. The molecular formula is C22H26Cl2N7O+. The first-order valence-corrected chi connectivity index (χ1v) is 11.1. The molecule has 0 bridgehead atoms. The van der Waals surface area contributed by atoms with Crippen LogP contribution in [0.3, 0.4) is 0 Å². The average Bonchev–Trinajstić information content (AvgIpc) is 3.28. The minimum Gasteiger partial charge on any atom is -0.471 e. The van der Waals surface area contributed by atoms with E-state index in [0.29, 0.717) is 50.1 Å². The van der Waals surface area contributed by atoms with E-state index >= 15 is 0 Å². The lowest BCUT2D eigenvalue weighted by molar-refractivity contribution is -0.111. The van der Waals surface area contributed by atoms with Crippen molar-refractivity contribution in [3.05, 3.63) is 69.2 Å². The number of nitrogens with zero attached hydrogens (tertiary/aromatic N) is 3. The van der Waals surface area contributed by atoms with Crippen LogP contribution in [-0.2, 0) is 0 Å². The van der Waals surface area contributed by atoms with Crippen molar-refractivity contribution in [1.82, 2.24) is 20.1 Å². The molecule has 4 rings (SSSR count). The molecule has 2 aromatic heterocycles. The molecule has 168 valence electrons. The zero-order valence-corrected chi connectivity index (χ0v) is 19.2. The number of ether oxygens (including phenoxy) is 1. The molecule has 1 aliphatic heterocycles. The summed E-state index contributed by atoms with van der Waals surface area (Å²) in [4.78, 5) is 4.12. The summed E-state index contributed by atoms with van der Waals surface area (Å²) in [6.45, 7) is 3.74. The molecular weight excluding hydrogens is 449 g/mol. The predicted molar refractivity (Wildman–Crippen MR) is 126 cm³/mol. The van der Waals surface area contributed by atoms with Crippen LogP contribution < -0.4 is 26.9 Å². The lowest BCUT2D eigenvalue weighted by Crippen LogP contribution is -2.41. The van der Waals surface area contributed by atoms with Crippen molar-refractivity contribution in [2.75, 3.05) is 18.8 Å². The maximum atomic E-state index is 6.47. The van der Waals surface area contributed by atoms with Gasteiger partial charge in [0.25, 0.3) is 0 Å². The standard InChI is InChI=1S/C22H25Cl2N7O/c1-12-20(24)19(17(23)10-29-12)22(27)32-15-2-3-18(25)16(8-15)21(26)13-9-30-31(11-13)14-4-6-28-7-5-14/h2-3,8-11,14,22,26,28H,4-7,25,27H2,1H3/p+1/t22-/m0/s1. The molecule has 32 heavy (non-hydrogen) atoms. The van der Waals surface area contributed by atoms with Gasteiger partial charge in [-0.25, -0.2) is 0 Å². The van der Waals surface area contributed by atoms with Gasteiger partial charge >= 0.3 is 0 Å². The Labute approximate surface area is 196 Å². The number of piperidine rings is 1. The van der Waals surface area contributed by atoms with Crippen LogP contribution in [0, 0.1) is 6.92 Å². The lowest BCUT2D eigenvalue weighted by atomic mass is 10.0. The third-order valence-corrected chi connectivity index (χ3v) is 6.42. The zero-order chi connectivity index (χ0) is 22.8. The highest BCUT2D eigenvalue weighted by Crippen LogP contribution is 2.33. The number of nitrogen functional groups attached to an aromatic ring is 1. The first kappa shape index (κ1) is 22.5. The molecule has 1 aliphatic rings. The lowest BCUT2D eigenvalue weighted by Gasteiger charge is -2.22. The number of rotatable bonds is 6. The van der Waals surface area contributed by atoms with Gasteiger partial charge in [-0.1, -0.05) is 23.2 Å². The monoisotopic (exact) mass is 474 g/mol. The van der Waals surface area contributed by atoms with Crippen molar-refractivity contribution in [1.29, 1.82) is 0 Å². The van der Waals surface area contributed by atoms with Crippen molar-refractivity contribution in [2.45, 2.75) is 32.0 Å². The van der Waals surface area contributed by atoms with Crippen molar-refractivity contribution in [3.63, 3.8) is 0 Å². The van der Waals surface area contributed by atoms with Crippen LogP contribution in [0.5, 0.6) is 5.75 Å². The van der Waals surface area contributed by atoms with Crippen molar-refractivity contribution in [3.8, 4) is 5.75 Å². The molecule has 0 spiro atoms. The van der Waals surface area contributed by atoms with Crippen molar-refractivity contribution < 1.29 is 10.1 Å². The van der Waals surface area contributed by atoms with E-state index in [-0.39, 0.29) is 0 Å². The summed E-state index contributed by atoms with van der Waals surface area (Å²) in [6.07, 6.45) is 6.39. The van der Waals surface area contributed by atoms with Crippen LogP contribution in [0.2, 0.25) is 10.0 Å². The average molecular weight is 475 g/mol. The number of pyridine rings is 1. The molecule has 1 saturated heterocycles. The summed E-state index contributed by atoms with van der Waals surface area (Å²) in [5, 5.41) is 15.1. The zero-order valence-electron chi connectivity index (χ0n) is 17.7. The third kappa shape index (κ3) is 4.59. The molecule has 0 radical (unpaired) electrons. The maximum absolute atomic E-state index is 6.47. The van der Waals surface area contributed by atoms with Gasteiger partial charge in [-0.2, -0.15) is 5.10 Å². The van der Waals surface area contributed by atoms with E-state index < -0.39 is 6.23 Å². The number of nitrogens with two attached hydrogens (primary N) is 3. The van der Waals surface area contributed by atoms with Gasteiger partial charge in [-0.15, -0.1) is 0 Å². The Kier molecular flexibility index (Phi) is 6.66. The van der Waals surface area contributed by atoms with E-state index in [1.54, 1.807) is 31.3 Å². The van der Waals surface area contributed by atoms with E-state index in [9.17, 15) is 0 Å². The van der Waals surface area contributed by atoms with E-state index in [1.165, 1.54) is 6.20 Å². The van der Waals surface area contributed by atoms with Gasteiger partial charge in [0.15, 0.2) is 6.23 Å². The molecule has 3 aromatic rings. The summed E-state index contributed by atoms with van der Waals surface area (Å²) < 4.78 is 7.91. The first-order valence-electron chi connectivity index (χ1n) is 10.4. The summed E-state index contributed by atoms with van der Waals surface area (Å²) in [6, 6.07) is 5.56. The van der Waals surface area contributed by atoms with Crippen molar-refractivity contribution in [2.24, 2.45) is 5.73 Å². The van der Waals surface area contributed by atoms with Crippen LogP contribution in [0.25, 0.3) is 0 Å². The summed E-state index contributed by atoms with van der Waals surface area (Å²) >= 11 is 12.6. The molecule has 10 heteroatoms. The van der Waals surface area contributed by atoms with Crippen LogP contribution in [0.4, 0.5) is 5.69 Å². The van der Waals surface area contributed by atoms with Gasteiger partial charge in [0.05, 0.1) is 39.1 Å². The molecule has 1 aromatic carbocycles. The highest BCUT2D eigenvalue weighted by Gasteiger charge is 2.22. The van der Waals surface area contributed by atoms with E-state index in [0.717, 1.165) is 31.5 Å². The maximum Gasteiger partial charge on any atom is 0.216 e. The Morgan fingerprint density at radius 3 is 2.78 bits per heavy atom. The highest BCUT2D eigenvalue weighted by atomic mass is 35.5. The summed E-state index contributed by atoms with van der Waals surface area (Å²) in [7, 11) is 0. The fourth-order valence-electron chi connectivity index (χ4n) is 3.79. The second kappa shape index (κ2) is 9.46. The van der Waals surface area contributed by atoms with Gasteiger partial charge in [0.2, 0.25) is 5.71 Å². The second-order valence-electron chi connectivity index (χ2n) is 7.81. The van der Waals surface area contributed by atoms with Crippen LogP contribution in [0.1, 0.15) is 47.5 Å². The van der Waals surface area contributed by atoms with Crippen LogP contribution >= 0.6 is 23.2 Å². The highest BCUT2D eigenvalue weighted by molar-refractivity contribution is 6.36. The fraction of sp³-hybridized carbons (Fsp3) is 0.318. The minimum absolute atomic E-state index is 0.333. The van der Waals surface area contributed by atoms with Gasteiger partial charge in [0, 0.05) is 23.6 Å². The molecule has 1 atom stereocenters. The Hall–Kier alpha value is -2.65. The van der Waals surface area contributed by atoms with E-state index in [1.807, 2.05) is 10.9 Å². The van der Waals surface area contributed by atoms with Gasteiger partial charge in [-0.3, -0.25) is 20.8 Å². The molecule has 0 aliphatic carbocycles. The topological polar surface area (TPSA) is 130 Å². The fourth-order valence-corrected chi connectivity index (χ4v) is 4.35. The number of hydrogen-bond donors (Lipinski definition) is 4. The quantitative estimate of drug-likeness (QED) is 0.245. The van der Waals surface area contributed by atoms with Crippen molar-refractivity contribution >= 4 is 34.6 Å². The minimum atomic E-state index is -0.892. The third-order valence-electron chi connectivity index (χ3n) is 5.64. The Morgan fingerprint density at radius 2 is 2.03 bits per heavy atom. The number of nitrogens with one attached hydrogen (secondary N) is 1. The number of anilines is 1. The molecule has 7 N–H and O–H groups in total. The summed E-state index contributed by atoms with van der Waals surface area (Å²) in [5.74, 6) is 0.483. The van der Waals surface area contributed by atoms with E-state index in [2.05, 4.69) is 15.4 Å². The Balaban J connectivity index is 1.56. The first-order chi connectivity index (χ1) is 15.3. The molecule has 0 saturated carbocycles. The normalized spacial score (nSPS) is 15.5. The largest absolute Gasteiger partial charge is 0.471 e. The molecule has 0 unspecified atom stereocenters. The van der Waals surface area contributed by atoms with Crippen LogP contribution in [0.15, 0.2) is 36.8 Å². The Morgan fingerprint density at radius 1 is 1.28 bits per heavy atom. The number of hydrogen-bond acceptors (Lipinski definition) is 6. The predicted octanol–water partition coefficient (Wildman–Crippen LogP) is 2.03. The molecule has 3 heterocycles. The molecule has 0 amide bonds. The number of aryl methyl sites for hydroxylation is 1.